The smallest absolute Gasteiger partial charge is 0.153 e. The summed E-state index contributed by atoms with van der Waals surface area (Å²) in [5.41, 5.74) is 3.39. The van der Waals surface area contributed by atoms with Crippen LogP contribution in [0.25, 0.3) is 0 Å². The van der Waals surface area contributed by atoms with Gasteiger partial charge in [0, 0.05) is 44.0 Å². The van der Waals surface area contributed by atoms with E-state index in [1.807, 2.05) is 13.0 Å². The molecule has 4 rings (SSSR count). The Morgan fingerprint density at radius 2 is 1.81 bits per heavy atom. The first-order valence-electron chi connectivity index (χ1n) is 9.23. The maximum absolute atomic E-state index is 12.4. The standard InChI is InChI=1S/C19H26N4O2S/c1-15-17(21-14-20-15)11-23-10-9-22(8-7-16-5-3-2-4-6-16)18-12-26(24,25)13-19(18)23/h2-6,14,18-19H,7-13H2,1H3,(H,20,21)/t18-,19+/m1/s1. The number of nitrogens with zero attached hydrogens (tertiary/aromatic N) is 3. The first-order chi connectivity index (χ1) is 12.5. The second kappa shape index (κ2) is 7.13. The molecule has 2 aliphatic rings. The number of aryl methyl sites for hydroxylation is 1. The molecule has 0 spiro atoms. The van der Waals surface area contributed by atoms with E-state index in [1.165, 1.54) is 5.56 Å². The van der Waals surface area contributed by atoms with Gasteiger partial charge in [-0.05, 0) is 18.9 Å². The number of rotatable bonds is 5. The van der Waals surface area contributed by atoms with Crippen LogP contribution in [0.2, 0.25) is 0 Å². The van der Waals surface area contributed by atoms with Crippen molar-refractivity contribution < 1.29 is 8.42 Å². The Bertz CT molecular complexity index is 849. The molecule has 0 aliphatic carbocycles. The molecule has 1 aromatic carbocycles. The third-order valence-corrected chi connectivity index (χ3v) is 7.42. The Kier molecular flexibility index (Phi) is 4.86. The first-order valence-corrected chi connectivity index (χ1v) is 11.1. The summed E-state index contributed by atoms with van der Waals surface area (Å²) in [5.74, 6) is 0.547. The Morgan fingerprint density at radius 1 is 1.12 bits per heavy atom. The van der Waals surface area contributed by atoms with E-state index in [0.717, 1.165) is 44.0 Å². The van der Waals surface area contributed by atoms with Gasteiger partial charge in [0.15, 0.2) is 9.84 Å². The summed E-state index contributed by atoms with van der Waals surface area (Å²) in [6, 6.07) is 10.6. The van der Waals surface area contributed by atoms with Gasteiger partial charge in [-0.25, -0.2) is 13.4 Å². The van der Waals surface area contributed by atoms with E-state index in [1.54, 1.807) is 6.33 Å². The van der Waals surface area contributed by atoms with Gasteiger partial charge in [0.25, 0.3) is 0 Å². The van der Waals surface area contributed by atoms with E-state index in [0.29, 0.717) is 0 Å². The van der Waals surface area contributed by atoms with Gasteiger partial charge in [-0.15, -0.1) is 0 Å². The number of sulfone groups is 1. The van der Waals surface area contributed by atoms with Crippen molar-refractivity contribution in [2.75, 3.05) is 31.1 Å². The van der Waals surface area contributed by atoms with E-state index in [4.69, 9.17) is 0 Å². The average molecular weight is 375 g/mol. The van der Waals surface area contributed by atoms with Crippen molar-refractivity contribution in [1.29, 1.82) is 0 Å². The van der Waals surface area contributed by atoms with Crippen molar-refractivity contribution in [3.05, 3.63) is 53.6 Å². The van der Waals surface area contributed by atoms with Gasteiger partial charge in [0.2, 0.25) is 0 Å². The van der Waals surface area contributed by atoms with Crippen LogP contribution in [0.15, 0.2) is 36.7 Å². The van der Waals surface area contributed by atoms with Crippen LogP contribution in [0.4, 0.5) is 0 Å². The number of aromatic amines is 1. The molecule has 140 valence electrons. The van der Waals surface area contributed by atoms with E-state index in [-0.39, 0.29) is 23.6 Å². The van der Waals surface area contributed by atoms with Crippen molar-refractivity contribution >= 4 is 9.84 Å². The first kappa shape index (κ1) is 17.7. The number of nitrogens with one attached hydrogen (secondary N) is 1. The Morgan fingerprint density at radius 3 is 2.50 bits per heavy atom. The molecule has 0 amide bonds. The Balaban J connectivity index is 1.47. The lowest BCUT2D eigenvalue weighted by Crippen LogP contribution is -2.59. The van der Waals surface area contributed by atoms with Gasteiger partial charge in [-0.3, -0.25) is 9.80 Å². The molecule has 2 atom stereocenters. The summed E-state index contributed by atoms with van der Waals surface area (Å²) < 4.78 is 24.7. The number of benzene rings is 1. The van der Waals surface area contributed by atoms with Crippen molar-refractivity contribution in [2.45, 2.75) is 32.0 Å². The lowest BCUT2D eigenvalue weighted by Gasteiger charge is -2.43. The number of hydrogen-bond acceptors (Lipinski definition) is 5. The second-order valence-electron chi connectivity index (χ2n) is 7.43. The van der Waals surface area contributed by atoms with Crippen molar-refractivity contribution in [3.8, 4) is 0 Å². The minimum Gasteiger partial charge on any atom is -0.348 e. The van der Waals surface area contributed by atoms with Gasteiger partial charge in [0.05, 0.1) is 23.5 Å². The topological polar surface area (TPSA) is 69.3 Å². The molecule has 1 N–H and O–H groups in total. The molecule has 6 nitrogen and oxygen atoms in total. The SMILES string of the molecule is Cc1[nH]cnc1CN1CCN(CCc2ccccc2)[C@@H]2CS(=O)(=O)C[C@@H]21. The van der Waals surface area contributed by atoms with E-state index in [9.17, 15) is 8.42 Å². The Labute approximate surface area is 155 Å². The highest BCUT2D eigenvalue weighted by molar-refractivity contribution is 7.91. The lowest BCUT2D eigenvalue weighted by atomic mass is 10.0. The van der Waals surface area contributed by atoms with E-state index >= 15 is 0 Å². The zero-order valence-electron chi connectivity index (χ0n) is 15.1. The predicted octanol–water partition coefficient (Wildman–Crippen LogP) is 1.24. The molecule has 2 saturated heterocycles. The highest BCUT2D eigenvalue weighted by Gasteiger charge is 2.46. The van der Waals surface area contributed by atoms with E-state index < -0.39 is 9.84 Å². The fourth-order valence-corrected chi connectivity index (χ4v) is 6.27. The largest absolute Gasteiger partial charge is 0.348 e. The van der Waals surface area contributed by atoms with Crippen LogP contribution in [0.1, 0.15) is 17.0 Å². The molecule has 3 heterocycles. The summed E-state index contributed by atoms with van der Waals surface area (Å²) in [5, 5.41) is 0. The number of H-pyrrole nitrogens is 1. The van der Waals surface area contributed by atoms with Gasteiger partial charge >= 0.3 is 0 Å². The number of fused-ring (bicyclic) bond motifs is 1. The van der Waals surface area contributed by atoms with Crippen molar-refractivity contribution in [2.24, 2.45) is 0 Å². The monoisotopic (exact) mass is 374 g/mol. The quantitative estimate of drug-likeness (QED) is 0.853. The van der Waals surface area contributed by atoms with Crippen LogP contribution in [0.5, 0.6) is 0 Å². The van der Waals surface area contributed by atoms with Crippen molar-refractivity contribution in [3.63, 3.8) is 0 Å². The van der Waals surface area contributed by atoms with Crippen LogP contribution in [-0.2, 0) is 22.8 Å². The van der Waals surface area contributed by atoms with Crippen molar-refractivity contribution in [1.82, 2.24) is 19.8 Å². The maximum atomic E-state index is 12.4. The maximum Gasteiger partial charge on any atom is 0.153 e. The van der Waals surface area contributed by atoms with Gasteiger partial charge < -0.3 is 4.98 Å². The van der Waals surface area contributed by atoms with E-state index in [2.05, 4.69) is 44.0 Å². The normalized spacial score (nSPS) is 26.0. The third-order valence-electron chi connectivity index (χ3n) is 5.72. The minimum atomic E-state index is -2.98. The summed E-state index contributed by atoms with van der Waals surface area (Å²) >= 11 is 0. The summed E-state index contributed by atoms with van der Waals surface area (Å²) in [6.07, 6.45) is 2.67. The molecule has 0 radical (unpaired) electrons. The molecule has 2 aliphatic heterocycles. The molecule has 0 unspecified atom stereocenters. The highest BCUT2D eigenvalue weighted by atomic mass is 32.2. The fraction of sp³-hybridized carbons (Fsp3) is 0.526. The van der Waals surface area contributed by atoms with Gasteiger partial charge in [-0.1, -0.05) is 30.3 Å². The zero-order valence-corrected chi connectivity index (χ0v) is 16.0. The Hall–Kier alpha value is -1.70. The number of hydrogen-bond donors (Lipinski definition) is 1. The average Bonchev–Trinajstić information content (AvgIpc) is 3.17. The number of aromatic nitrogens is 2. The molecular weight excluding hydrogens is 348 g/mol. The summed E-state index contributed by atoms with van der Waals surface area (Å²) in [6.45, 7) is 5.45. The molecule has 7 heteroatoms. The number of piperazine rings is 1. The van der Waals surface area contributed by atoms with Crippen LogP contribution in [0, 0.1) is 6.92 Å². The molecule has 0 bridgehead atoms. The molecular formula is C19H26N4O2S. The van der Waals surface area contributed by atoms with Crippen LogP contribution in [-0.4, -0.2) is 71.4 Å². The van der Waals surface area contributed by atoms with Gasteiger partial charge in [0.1, 0.15) is 0 Å². The summed E-state index contributed by atoms with van der Waals surface area (Å²) in [7, 11) is -2.98. The molecule has 26 heavy (non-hydrogen) atoms. The lowest BCUT2D eigenvalue weighted by molar-refractivity contribution is 0.0404. The minimum absolute atomic E-state index is 0.0700. The number of imidazole rings is 1. The zero-order chi connectivity index (χ0) is 18.1. The van der Waals surface area contributed by atoms with Crippen LogP contribution >= 0.6 is 0 Å². The molecule has 2 aromatic rings. The predicted molar refractivity (Wildman–Crippen MR) is 102 cm³/mol. The molecule has 1 aromatic heterocycles. The fourth-order valence-electron chi connectivity index (χ4n) is 4.23. The third kappa shape index (κ3) is 3.70. The van der Waals surface area contributed by atoms with Crippen LogP contribution < -0.4 is 0 Å². The highest BCUT2D eigenvalue weighted by Crippen LogP contribution is 2.28. The molecule has 2 fully saturated rings. The second-order valence-corrected chi connectivity index (χ2v) is 9.58. The summed E-state index contributed by atoms with van der Waals surface area (Å²) in [4.78, 5) is 12.2. The van der Waals surface area contributed by atoms with Crippen LogP contribution in [0.3, 0.4) is 0 Å². The van der Waals surface area contributed by atoms with Gasteiger partial charge in [-0.2, -0.15) is 0 Å². The molecule has 0 saturated carbocycles.